The van der Waals surface area contributed by atoms with Crippen molar-refractivity contribution < 1.29 is 14.0 Å². The Bertz CT molecular complexity index is 1070. The van der Waals surface area contributed by atoms with Gasteiger partial charge < -0.3 is 10.6 Å². The minimum Gasteiger partial charge on any atom is -0.349 e. The molecule has 0 radical (unpaired) electrons. The van der Waals surface area contributed by atoms with Gasteiger partial charge in [0, 0.05) is 27.9 Å². The van der Waals surface area contributed by atoms with E-state index in [0.29, 0.717) is 9.26 Å². The first kappa shape index (κ1) is 21.8. The van der Waals surface area contributed by atoms with Gasteiger partial charge in [0.2, 0.25) is 0 Å². The van der Waals surface area contributed by atoms with Gasteiger partial charge in [0.1, 0.15) is 17.2 Å². The fourth-order valence-electron chi connectivity index (χ4n) is 2.65. The van der Waals surface area contributed by atoms with Crippen molar-refractivity contribution in [3.05, 3.63) is 81.1 Å². The number of benzene rings is 1. The van der Waals surface area contributed by atoms with E-state index in [4.69, 9.17) is 0 Å². The molecule has 3 rings (SSSR count). The Kier molecular flexibility index (Phi) is 7.09. The number of hydrogen-bond acceptors (Lipinski definition) is 4. The quantitative estimate of drug-likeness (QED) is 0.485. The van der Waals surface area contributed by atoms with E-state index in [1.54, 1.807) is 36.5 Å². The van der Waals surface area contributed by atoms with Gasteiger partial charge in [-0.05, 0) is 78.4 Å². The number of halogens is 2. The molecular formula is C22H20FIN4O2. The van der Waals surface area contributed by atoms with Crippen molar-refractivity contribution in [3.8, 4) is 11.3 Å². The molecule has 6 nitrogen and oxygen atoms in total. The van der Waals surface area contributed by atoms with Crippen LogP contribution >= 0.6 is 22.6 Å². The summed E-state index contributed by atoms with van der Waals surface area (Å²) < 4.78 is 14.0. The maximum Gasteiger partial charge on any atom is 0.270 e. The summed E-state index contributed by atoms with van der Waals surface area (Å²) in [5.74, 6) is -0.973. The molecule has 0 bridgehead atoms. The third-order valence-corrected chi connectivity index (χ3v) is 4.95. The molecule has 0 spiro atoms. The molecule has 0 fully saturated rings. The Labute approximate surface area is 187 Å². The van der Waals surface area contributed by atoms with Gasteiger partial charge in [0.05, 0.1) is 5.69 Å². The van der Waals surface area contributed by atoms with E-state index in [1.807, 2.05) is 48.6 Å². The third-order valence-electron chi connectivity index (χ3n) is 4.13. The molecule has 0 atom stereocenters. The second-order valence-electron chi connectivity index (χ2n) is 6.90. The van der Waals surface area contributed by atoms with Crippen LogP contribution in [0.2, 0.25) is 0 Å². The van der Waals surface area contributed by atoms with Crippen LogP contribution in [0.5, 0.6) is 0 Å². The van der Waals surface area contributed by atoms with Crippen molar-refractivity contribution in [2.45, 2.75) is 26.4 Å². The summed E-state index contributed by atoms with van der Waals surface area (Å²) >= 11 is 1.94. The van der Waals surface area contributed by atoms with Crippen molar-refractivity contribution in [2.24, 2.45) is 0 Å². The van der Waals surface area contributed by atoms with Gasteiger partial charge in [-0.15, -0.1) is 0 Å². The van der Waals surface area contributed by atoms with Crippen LogP contribution in [0.25, 0.3) is 11.3 Å². The summed E-state index contributed by atoms with van der Waals surface area (Å²) in [7, 11) is 0. The maximum atomic E-state index is 13.4. The van der Waals surface area contributed by atoms with Crippen LogP contribution in [0, 0.1) is 9.39 Å². The van der Waals surface area contributed by atoms with Crippen molar-refractivity contribution in [2.75, 3.05) is 0 Å². The first-order valence-corrected chi connectivity index (χ1v) is 10.4. The molecule has 0 aliphatic heterocycles. The maximum absolute atomic E-state index is 13.4. The van der Waals surface area contributed by atoms with Gasteiger partial charge in [-0.3, -0.25) is 14.6 Å². The molecule has 30 heavy (non-hydrogen) atoms. The van der Waals surface area contributed by atoms with Gasteiger partial charge in [-0.2, -0.15) is 0 Å². The number of hydrogen-bond donors (Lipinski definition) is 2. The predicted molar refractivity (Wildman–Crippen MR) is 120 cm³/mol. The van der Waals surface area contributed by atoms with E-state index >= 15 is 0 Å². The number of nitrogens with one attached hydrogen (secondary N) is 2. The average Bonchev–Trinajstić information content (AvgIpc) is 2.74. The van der Waals surface area contributed by atoms with Crippen molar-refractivity contribution in [3.63, 3.8) is 0 Å². The summed E-state index contributed by atoms with van der Waals surface area (Å²) in [5, 5.41) is 5.52. The summed E-state index contributed by atoms with van der Waals surface area (Å²) in [5.41, 5.74) is 2.69. The van der Waals surface area contributed by atoms with E-state index in [1.165, 1.54) is 6.07 Å². The Morgan fingerprint density at radius 1 is 1.07 bits per heavy atom. The number of rotatable bonds is 6. The number of amides is 2. The van der Waals surface area contributed by atoms with E-state index in [2.05, 4.69) is 20.6 Å². The van der Waals surface area contributed by atoms with Gasteiger partial charge in [0.25, 0.3) is 11.8 Å². The van der Waals surface area contributed by atoms with Crippen LogP contribution in [-0.4, -0.2) is 27.8 Å². The molecule has 2 aromatic heterocycles. The van der Waals surface area contributed by atoms with E-state index in [9.17, 15) is 14.0 Å². The standard InChI is InChI=1S/C22H20FIN4O2/c1-13(2)27-22(30)20-5-3-4-19(28-20)21(29)26-12-14-6-9-18(25-11-14)15-7-8-16(23)17(24)10-15/h3-11,13H,12H2,1-2H3,(H,26,29)(H,27,30). The summed E-state index contributed by atoms with van der Waals surface area (Å²) in [6.45, 7) is 3.96. The molecule has 154 valence electrons. The largest absolute Gasteiger partial charge is 0.349 e. The molecule has 0 saturated heterocycles. The molecule has 2 N–H and O–H groups in total. The van der Waals surface area contributed by atoms with Crippen molar-refractivity contribution in [1.82, 2.24) is 20.6 Å². The lowest BCUT2D eigenvalue weighted by molar-refractivity contribution is 0.0936. The van der Waals surface area contributed by atoms with Crippen LogP contribution < -0.4 is 10.6 Å². The Morgan fingerprint density at radius 3 is 2.43 bits per heavy atom. The highest BCUT2D eigenvalue weighted by Crippen LogP contribution is 2.21. The Morgan fingerprint density at radius 2 is 1.80 bits per heavy atom. The highest BCUT2D eigenvalue weighted by Gasteiger charge is 2.13. The molecule has 8 heteroatoms. The van der Waals surface area contributed by atoms with Crippen LogP contribution in [0.4, 0.5) is 4.39 Å². The highest BCUT2D eigenvalue weighted by molar-refractivity contribution is 14.1. The fourth-order valence-corrected chi connectivity index (χ4v) is 3.17. The number of aromatic nitrogens is 2. The second-order valence-corrected chi connectivity index (χ2v) is 8.06. The van der Waals surface area contributed by atoms with Gasteiger partial charge in [-0.25, -0.2) is 9.37 Å². The molecular weight excluding hydrogens is 498 g/mol. The second kappa shape index (κ2) is 9.75. The lowest BCUT2D eigenvalue weighted by Gasteiger charge is -2.09. The molecule has 0 aliphatic carbocycles. The number of pyridine rings is 2. The summed E-state index contributed by atoms with van der Waals surface area (Å²) in [6.07, 6.45) is 1.66. The average molecular weight is 518 g/mol. The molecule has 0 aliphatic rings. The zero-order valence-electron chi connectivity index (χ0n) is 16.4. The minimum absolute atomic E-state index is 0.0226. The van der Waals surface area contributed by atoms with Gasteiger partial charge in [0.15, 0.2) is 0 Å². The van der Waals surface area contributed by atoms with Crippen LogP contribution in [-0.2, 0) is 6.54 Å². The molecule has 2 amide bonds. The number of carbonyl (C=O) groups is 2. The third kappa shape index (κ3) is 5.59. The van der Waals surface area contributed by atoms with Crippen LogP contribution in [0.15, 0.2) is 54.7 Å². The molecule has 2 heterocycles. The van der Waals surface area contributed by atoms with Crippen LogP contribution in [0.3, 0.4) is 0 Å². The molecule has 0 unspecified atom stereocenters. The SMILES string of the molecule is CC(C)NC(=O)c1cccc(C(=O)NCc2ccc(-c3ccc(F)c(I)c3)nc2)n1. The molecule has 3 aromatic rings. The normalized spacial score (nSPS) is 10.7. The Hall–Kier alpha value is -2.88. The lowest BCUT2D eigenvalue weighted by Crippen LogP contribution is -2.31. The predicted octanol–water partition coefficient (Wildman–Crippen LogP) is 3.96. The molecule has 0 saturated carbocycles. The first-order valence-electron chi connectivity index (χ1n) is 9.30. The fraction of sp³-hybridized carbons (Fsp3) is 0.182. The van der Waals surface area contributed by atoms with Gasteiger partial charge in [-0.1, -0.05) is 12.1 Å². The zero-order chi connectivity index (χ0) is 21.7. The van der Waals surface area contributed by atoms with Crippen molar-refractivity contribution in [1.29, 1.82) is 0 Å². The zero-order valence-corrected chi connectivity index (χ0v) is 18.6. The summed E-state index contributed by atoms with van der Waals surface area (Å²) in [6, 6.07) is 13.2. The van der Waals surface area contributed by atoms with Crippen molar-refractivity contribution >= 4 is 34.4 Å². The number of carbonyl (C=O) groups excluding carboxylic acids is 2. The van der Waals surface area contributed by atoms with Crippen LogP contribution in [0.1, 0.15) is 40.4 Å². The van der Waals surface area contributed by atoms with E-state index in [-0.39, 0.29) is 41.6 Å². The highest BCUT2D eigenvalue weighted by atomic mass is 127. The smallest absolute Gasteiger partial charge is 0.270 e. The lowest BCUT2D eigenvalue weighted by atomic mass is 10.1. The summed E-state index contributed by atoms with van der Waals surface area (Å²) in [4.78, 5) is 33.0. The topological polar surface area (TPSA) is 84.0 Å². The monoisotopic (exact) mass is 518 g/mol. The van der Waals surface area contributed by atoms with Gasteiger partial charge >= 0.3 is 0 Å². The van der Waals surface area contributed by atoms with E-state index in [0.717, 1.165) is 11.1 Å². The first-order chi connectivity index (χ1) is 14.3. The van der Waals surface area contributed by atoms with E-state index < -0.39 is 0 Å². The Balaban J connectivity index is 1.63. The number of nitrogens with zero attached hydrogens (tertiary/aromatic N) is 2. The molecule has 1 aromatic carbocycles. The minimum atomic E-state index is -0.383.